The van der Waals surface area contributed by atoms with Crippen LogP contribution in [-0.4, -0.2) is 73.9 Å². The van der Waals surface area contributed by atoms with E-state index in [1.54, 1.807) is 24.3 Å². The normalized spacial score (nSPS) is 20.0. The van der Waals surface area contributed by atoms with E-state index in [4.69, 9.17) is 9.73 Å². The summed E-state index contributed by atoms with van der Waals surface area (Å²) in [7, 11) is 0. The first kappa shape index (κ1) is 42.2. The molecule has 0 amide bonds. The van der Waals surface area contributed by atoms with Crippen LogP contribution in [-0.2, 0) is 0 Å². The lowest BCUT2D eigenvalue weighted by Gasteiger charge is -2.43. The predicted molar refractivity (Wildman–Crippen MR) is 245 cm³/mol. The summed E-state index contributed by atoms with van der Waals surface area (Å²) in [6.07, 6.45) is 2.39. The van der Waals surface area contributed by atoms with Crippen LogP contribution in [0.1, 0.15) is 113 Å². The summed E-state index contributed by atoms with van der Waals surface area (Å²) in [6.45, 7) is 14.1. The van der Waals surface area contributed by atoms with Gasteiger partial charge in [0.05, 0.1) is 16.9 Å². The molecular weight excluding hydrogens is 834 g/mol. The number of phenols is 1. The van der Waals surface area contributed by atoms with Crippen molar-refractivity contribution in [2.75, 3.05) is 37.6 Å². The van der Waals surface area contributed by atoms with Crippen LogP contribution < -0.4 is 9.64 Å². The molecule has 0 aliphatic carbocycles. The number of β-amino-alcohol motifs (C(OH)–C–C–N with tert-alkyl or cyclic N) is 1. The Bertz CT molecular complexity index is 2810. The number of likely N-dealkylation sites (tertiary alicyclic amines) is 1. The number of phenolic OH excluding ortho intramolecular Hbond substituents is 1. The quantitative estimate of drug-likeness (QED) is 0.165. The van der Waals surface area contributed by atoms with E-state index in [0.29, 0.717) is 59.9 Å². The Balaban J connectivity index is 0.772. The number of piperidine rings is 2. The Morgan fingerprint density at radius 1 is 0.812 bits per heavy atom. The maximum Gasteiger partial charge on any atom is 0.162 e. The predicted octanol–water partition coefficient (Wildman–Crippen LogP) is 10.6. The zero-order chi connectivity index (χ0) is 44.6. The topological polar surface area (TPSA) is 99.2 Å². The van der Waals surface area contributed by atoms with Crippen molar-refractivity contribution in [2.24, 2.45) is 4.99 Å². The van der Waals surface area contributed by atoms with E-state index < -0.39 is 29.2 Å². The first-order valence-corrected chi connectivity index (χ1v) is 22.9. The second-order valence-electron chi connectivity index (χ2n) is 18.0. The number of halogens is 3. The minimum absolute atomic E-state index is 0.00435. The van der Waals surface area contributed by atoms with E-state index in [-0.39, 0.29) is 22.9 Å². The number of ether oxygens (including phenoxy) is 1. The van der Waals surface area contributed by atoms with Gasteiger partial charge in [0.25, 0.3) is 0 Å². The number of aliphatic imine (C=N–C) groups is 1. The van der Waals surface area contributed by atoms with Crippen molar-refractivity contribution < 1.29 is 28.1 Å². The van der Waals surface area contributed by atoms with Crippen molar-refractivity contribution in [3.8, 4) is 16.5 Å². The lowest BCUT2D eigenvalue weighted by molar-refractivity contribution is -0.0213. The first-order valence-electron chi connectivity index (χ1n) is 22.1. The summed E-state index contributed by atoms with van der Waals surface area (Å²) < 4.78 is 53.2. The molecule has 0 radical (unpaired) electrons. The fraction of sp³-hybridized carbons (Fsp3) is 0.353. The SMILES string of the molecule is CC1=C(c2c(F)cc(F)cc2F)[C@@H](c2ccc(C3CCN(CC4(O)CCN(c5ccc(C6=N[C@@H](C)c7nnc(C)n7-c7sc(C)c(C)c76)cc5)CC4)CC3)cc2)Oc2ccc(O)cc21. The van der Waals surface area contributed by atoms with Crippen LogP contribution in [0.15, 0.2) is 83.9 Å². The van der Waals surface area contributed by atoms with E-state index in [0.717, 1.165) is 78.2 Å². The van der Waals surface area contributed by atoms with E-state index in [2.05, 4.69) is 81.7 Å². The molecule has 2 aromatic heterocycles. The first-order chi connectivity index (χ1) is 30.7. The number of aryl methyl sites for hydroxylation is 2. The fourth-order valence-electron chi connectivity index (χ4n) is 10.2. The Kier molecular flexibility index (Phi) is 10.8. The van der Waals surface area contributed by atoms with Gasteiger partial charge in [-0.25, -0.2) is 13.2 Å². The summed E-state index contributed by atoms with van der Waals surface area (Å²) in [5, 5.41) is 32.0. The number of rotatable bonds is 7. The zero-order valence-corrected chi connectivity index (χ0v) is 37.4. The molecule has 13 heteroatoms. The molecule has 4 aliphatic heterocycles. The van der Waals surface area contributed by atoms with Gasteiger partial charge in [0, 0.05) is 64.6 Å². The van der Waals surface area contributed by atoms with Crippen molar-refractivity contribution in [3.63, 3.8) is 0 Å². The highest BCUT2D eigenvalue weighted by Gasteiger charge is 2.37. The third kappa shape index (κ3) is 7.50. The fourth-order valence-corrected chi connectivity index (χ4v) is 11.4. The van der Waals surface area contributed by atoms with Crippen LogP contribution in [0.3, 0.4) is 0 Å². The number of hydrogen-bond acceptors (Lipinski definition) is 9. The summed E-state index contributed by atoms with van der Waals surface area (Å²) in [5.74, 6) is -0.519. The van der Waals surface area contributed by atoms with Gasteiger partial charge in [-0.05, 0) is 132 Å². The smallest absolute Gasteiger partial charge is 0.162 e. The van der Waals surface area contributed by atoms with Crippen molar-refractivity contribution in [3.05, 3.63) is 152 Å². The van der Waals surface area contributed by atoms with Crippen LogP contribution >= 0.6 is 11.3 Å². The molecule has 6 heterocycles. The highest BCUT2D eigenvalue weighted by Crippen LogP contribution is 2.49. The summed E-state index contributed by atoms with van der Waals surface area (Å²) in [6, 6.07) is 22.6. The standard InChI is InChI=1S/C51H51F3N6O3S/c1-28-31(4)64-50-45(28)47(55-30(3)49-57-56-32(5)60(49)50)35-10-12-38(13-11-35)59-22-18-51(62,19-23-59)27-58-20-16-34(17-21-58)33-6-8-36(9-7-33)48-44(46-41(53)24-37(52)25-42(46)54)29(2)40-26-39(61)14-15-43(40)63-48/h6-15,24-26,30,34,48,61-62H,16-23,27H2,1-5H3/t30-,48+/m0/s1. The molecule has 0 spiro atoms. The number of benzene rings is 4. The molecule has 2 N–H and O–H groups in total. The summed E-state index contributed by atoms with van der Waals surface area (Å²) >= 11 is 1.76. The monoisotopic (exact) mass is 884 g/mol. The van der Waals surface area contributed by atoms with Gasteiger partial charge in [-0.3, -0.25) is 9.56 Å². The Labute approximate surface area is 375 Å². The molecular formula is C51H51F3N6O3S. The minimum atomic E-state index is -1.02. The lowest BCUT2D eigenvalue weighted by atomic mass is 9.84. The summed E-state index contributed by atoms with van der Waals surface area (Å²) in [4.78, 5) is 11.2. The number of aromatic nitrogens is 3. The van der Waals surface area contributed by atoms with E-state index in [1.165, 1.54) is 28.1 Å². The molecule has 10 rings (SSSR count). The van der Waals surface area contributed by atoms with Crippen LogP contribution in [0.4, 0.5) is 18.9 Å². The number of hydrogen-bond donors (Lipinski definition) is 2. The van der Waals surface area contributed by atoms with Gasteiger partial charge < -0.3 is 24.7 Å². The second-order valence-corrected chi connectivity index (χ2v) is 19.2. The maximum atomic E-state index is 15.3. The number of thiophene rings is 1. The molecule has 2 saturated heterocycles. The van der Waals surface area contributed by atoms with E-state index in [1.807, 2.05) is 19.1 Å². The van der Waals surface area contributed by atoms with Gasteiger partial charge in [0.15, 0.2) is 5.82 Å². The minimum Gasteiger partial charge on any atom is -0.508 e. The molecule has 6 aromatic rings. The lowest BCUT2D eigenvalue weighted by Crippen LogP contribution is -2.52. The largest absolute Gasteiger partial charge is 0.508 e. The average Bonchev–Trinajstić information content (AvgIpc) is 3.77. The molecule has 2 atom stereocenters. The van der Waals surface area contributed by atoms with Gasteiger partial charge in [-0.15, -0.1) is 21.5 Å². The molecule has 0 unspecified atom stereocenters. The van der Waals surface area contributed by atoms with Crippen molar-refractivity contribution >= 4 is 33.9 Å². The molecule has 64 heavy (non-hydrogen) atoms. The number of allylic oxidation sites excluding steroid dienone is 1. The highest BCUT2D eigenvalue weighted by atomic mass is 32.1. The van der Waals surface area contributed by atoms with Crippen molar-refractivity contribution in [1.29, 1.82) is 0 Å². The molecule has 4 aliphatic rings. The number of aliphatic hydroxyl groups is 1. The average molecular weight is 885 g/mol. The Hall–Kier alpha value is -5.76. The van der Waals surface area contributed by atoms with Gasteiger partial charge in [-0.1, -0.05) is 36.4 Å². The second kappa shape index (κ2) is 16.3. The van der Waals surface area contributed by atoms with E-state index >= 15 is 8.78 Å². The molecule has 9 nitrogen and oxygen atoms in total. The van der Waals surface area contributed by atoms with Crippen LogP contribution in [0, 0.1) is 38.2 Å². The number of nitrogens with zero attached hydrogens (tertiary/aromatic N) is 6. The third-order valence-corrected chi connectivity index (χ3v) is 15.1. The van der Waals surface area contributed by atoms with Gasteiger partial charge >= 0.3 is 0 Å². The third-order valence-electron chi connectivity index (χ3n) is 13.9. The number of aromatic hydroxyl groups is 1. The zero-order valence-electron chi connectivity index (χ0n) is 36.6. The van der Waals surface area contributed by atoms with Gasteiger partial charge in [0.1, 0.15) is 51.9 Å². The molecule has 0 saturated carbocycles. The number of anilines is 1. The summed E-state index contributed by atoms with van der Waals surface area (Å²) in [5.41, 5.74) is 7.64. The van der Waals surface area contributed by atoms with Crippen molar-refractivity contribution in [1.82, 2.24) is 19.7 Å². The molecule has 4 aromatic carbocycles. The van der Waals surface area contributed by atoms with Crippen LogP contribution in [0.25, 0.3) is 16.1 Å². The molecule has 2 fully saturated rings. The van der Waals surface area contributed by atoms with Crippen LogP contribution in [0.2, 0.25) is 0 Å². The van der Waals surface area contributed by atoms with E-state index in [9.17, 15) is 14.6 Å². The van der Waals surface area contributed by atoms with Gasteiger partial charge in [0.2, 0.25) is 0 Å². The molecule has 0 bridgehead atoms. The Morgan fingerprint density at radius 2 is 1.48 bits per heavy atom. The van der Waals surface area contributed by atoms with Crippen LogP contribution in [0.5, 0.6) is 11.5 Å². The molecule has 330 valence electrons. The highest BCUT2D eigenvalue weighted by molar-refractivity contribution is 7.15. The number of fused-ring (bicyclic) bond motifs is 4. The van der Waals surface area contributed by atoms with Gasteiger partial charge in [-0.2, -0.15) is 0 Å². The van der Waals surface area contributed by atoms with Crippen molar-refractivity contribution in [2.45, 2.75) is 84.0 Å². The maximum absolute atomic E-state index is 15.3. The Morgan fingerprint density at radius 3 is 2.17 bits per heavy atom.